The van der Waals surface area contributed by atoms with Crippen LogP contribution >= 0.6 is 11.6 Å². The van der Waals surface area contributed by atoms with Gasteiger partial charge in [-0.05, 0) is 25.1 Å². The maximum absolute atomic E-state index is 12.8. The van der Waals surface area contributed by atoms with Gasteiger partial charge in [0, 0.05) is 13.1 Å². The molecule has 0 fully saturated rings. The minimum absolute atomic E-state index is 0.235. The molecule has 0 amide bonds. The van der Waals surface area contributed by atoms with Crippen LogP contribution in [0, 0.1) is 12.7 Å². The summed E-state index contributed by atoms with van der Waals surface area (Å²) in [6.07, 6.45) is 0. The Balaban J connectivity index is 2.30. The number of nitrogens with zero attached hydrogens (tertiary/aromatic N) is 2. The van der Waals surface area contributed by atoms with E-state index in [1.54, 1.807) is 17.8 Å². The third-order valence-electron chi connectivity index (χ3n) is 2.07. The van der Waals surface area contributed by atoms with Crippen LogP contribution in [0.5, 0.6) is 11.6 Å². The van der Waals surface area contributed by atoms with Crippen LogP contribution in [0.1, 0.15) is 5.69 Å². The first-order valence-electron chi connectivity index (χ1n) is 4.70. The molecule has 0 saturated carbocycles. The van der Waals surface area contributed by atoms with E-state index in [4.69, 9.17) is 16.3 Å². The molecule has 0 atom stereocenters. The van der Waals surface area contributed by atoms with E-state index in [-0.39, 0.29) is 5.02 Å². The van der Waals surface area contributed by atoms with Crippen molar-refractivity contribution in [2.45, 2.75) is 6.92 Å². The molecule has 16 heavy (non-hydrogen) atoms. The summed E-state index contributed by atoms with van der Waals surface area (Å²) in [5.74, 6) is 0.579. The van der Waals surface area contributed by atoms with E-state index in [0.29, 0.717) is 11.6 Å². The highest BCUT2D eigenvalue weighted by molar-refractivity contribution is 6.32. The van der Waals surface area contributed by atoms with E-state index in [2.05, 4.69) is 5.10 Å². The molecule has 2 rings (SSSR count). The molecule has 5 heteroatoms. The Kier molecular flexibility index (Phi) is 2.83. The van der Waals surface area contributed by atoms with Gasteiger partial charge in [-0.3, -0.25) is 0 Å². The van der Waals surface area contributed by atoms with Gasteiger partial charge in [0.2, 0.25) is 5.88 Å². The molecule has 1 heterocycles. The average molecular weight is 241 g/mol. The zero-order valence-electron chi connectivity index (χ0n) is 8.87. The Labute approximate surface area is 97.4 Å². The van der Waals surface area contributed by atoms with Crippen LogP contribution in [0.15, 0.2) is 24.3 Å². The third kappa shape index (κ3) is 2.17. The number of rotatable bonds is 2. The number of ether oxygens (including phenoxy) is 1. The molecule has 0 bridgehead atoms. The lowest BCUT2D eigenvalue weighted by Gasteiger charge is -2.06. The van der Waals surface area contributed by atoms with E-state index < -0.39 is 5.82 Å². The Morgan fingerprint density at radius 3 is 2.69 bits per heavy atom. The molecule has 1 aromatic carbocycles. The maximum Gasteiger partial charge on any atom is 0.217 e. The third-order valence-corrected chi connectivity index (χ3v) is 2.36. The van der Waals surface area contributed by atoms with Crippen molar-refractivity contribution in [3.05, 3.63) is 40.8 Å². The highest BCUT2D eigenvalue weighted by Crippen LogP contribution is 2.29. The van der Waals surface area contributed by atoms with E-state index in [1.807, 2.05) is 6.92 Å². The lowest BCUT2D eigenvalue weighted by atomic mass is 10.3. The van der Waals surface area contributed by atoms with Crippen LogP contribution in [-0.2, 0) is 7.05 Å². The van der Waals surface area contributed by atoms with Crippen molar-refractivity contribution in [2.75, 3.05) is 0 Å². The van der Waals surface area contributed by atoms with Crippen LogP contribution in [0.3, 0.4) is 0 Å². The summed E-state index contributed by atoms with van der Waals surface area (Å²) >= 11 is 5.84. The summed E-state index contributed by atoms with van der Waals surface area (Å²) < 4.78 is 19.9. The van der Waals surface area contributed by atoms with Crippen molar-refractivity contribution in [2.24, 2.45) is 7.05 Å². The predicted octanol–water partition coefficient (Wildman–Crippen LogP) is 3.31. The molecule has 1 aromatic heterocycles. The Morgan fingerprint density at radius 1 is 1.38 bits per heavy atom. The topological polar surface area (TPSA) is 27.1 Å². The molecule has 0 unspecified atom stereocenters. The van der Waals surface area contributed by atoms with E-state index >= 15 is 0 Å². The Morgan fingerprint density at radius 2 is 2.12 bits per heavy atom. The summed E-state index contributed by atoms with van der Waals surface area (Å²) in [4.78, 5) is 0. The molecule has 0 N–H and O–H groups in total. The van der Waals surface area contributed by atoms with Gasteiger partial charge in [-0.15, -0.1) is 0 Å². The molecule has 0 saturated heterocycles. The van der Waals surface area contributed by atoms with E-state index in [0.717, 1.165) is 5.69 Å². The van der Waals surface area contributed by atoms with Gasteiger partial charge in [0.1, 0.15) is 11.6 Å². The first-order valence-corrected chi connectivity index (χ1v) is 5.07. The van der Waals surface area contributed by atoms with Gasteiger partial charge in [0.05, 0.1) is 10.7 Å². The second-order valence-corrected chi connectivity index (χ2v) is 3.83. The summed E-state index contributed by atoms with van der Waals surface area (Å²) in [6.45, 7) is 1.86. The van der Waals surface area contributed by atoms with Crippen LogP contribution in [0.2, 0.25) is 5.02 Å². The summed E-state index contributed by atoms with van der Waals surface area (Å²) in [7, 11) is 1.76. The maximum atomic E-state index is 12.8. The van der Waals surface area contributed by atoms with Gasteiger partial charge < -0.3 is 4.74 Å². The fourth-order valence-electron chi connectivity index (χ4n) is 1.35. The molecule has 84 valence electrons. The van der Waals surface area contributed by atoms with Crippen molar-refractivity contribution in [1.82, 2.24) is 9.78 Å². The fourth-order valence-corrected chi connectivity index (χ4v) is 1.56. The second kappa shape index (κ2) is 4.14. The van der Waals surface area contributed by atoms with Crippen molar-refractivity contribution in [3.8, 4) is 11.6 Å². The number of aromatic nitrogens is 2. The first kappa shape index (κ1) is 11.0. The molecule has 0 aliphatic heterocycles. The number of benzene rings is 1. The average Bonchev–Trinajstić information content (AvgIpc) is 2.50. The number of aryl methyl sites for hydroxylation is 2. The van der Waals surface area contributed by atoms with Gasteiger partial charge in [-0.25, -0.2) is 9.07 Å². The molecule has 3 nitrogen and oxygen atoms in total. The summed E-state index contributed by atoms with van der Waals surface area (Å²) in [5.41, 5.74) is 0.843. The quantitative estimate of drug-likeness (QED) is 0.805. The van der Waals surface area contributed by atoms with Crippen molar-refractivity contribution in [1.29, 1.82) is 0 Å². The van der Waals surface area contributed by atoms with E-state index in [1.165, 1.54) is 18.2 Å². The minimum atomic E-state index is -0.390. The van der Waals surface area contributed by atoms with Crippen LogP contribution in [0.4, 0.5) is 4.39 Å². The lowest BCUT2D eigenvalue weighted by molar-refractivity contribution is 0.430. The minimum Gasteiger partial charge on any atom is -0.438 e. The smallest absolute Gasteiger partial charge is 0.217 e. The van der Waals surface area contributed by atoms with Crippen LogP contribution in [0.25, 0.3) is 0 Å². The van der Waals surface area contributed by atoms with Gasteiger partial charge >= 0.3 is 0 Å². The molecule has 0 aliphatic carbocycles. The monoisotopic (exact) mass is 240 g/mol. The number of hydrogen-bond donors (Lipinski definition) is 0. The zero-order chi connectivity index (χ0) is 11.7. The Hall–Kier alpha value is -1.55. The predicted molar refractivity (Wildman–Crippen MR) is 59.4 cm³/mol. The van der Waals surface area contributed by atoms with Crippen molar-refractivity contribution in [3.63, 3.8) is 0 Å². The second-order valence-electron chi connectivity index (χ2n) is 3.42. The summed E-state index contributed by atoms with van der Waals surface area (Å²) in [5, 5.41) is 4.36. The first-order chi connectivity index (χ1) is 7.56. The lowest BCUT2D eigenvalue weighted by Crippen LogP contribution is -1.95. The zero-order valence-corrected chi connectivity index (χ0v) is 9.62. The van der Waals surface area contributed by atoms with Crippen molar-refractivity contribution >= 4 is 11.6 Å². The normalized spacial score (nSPS) is 10.5. The Bertz CT molecular complexity index is 525. The van der Waals surface area contributed by atoms with E-state index in [9.17, 15) is 4.39 Å². The highest BCUT2D eigenvalue weighted by atomic mass is 35.5. The largest absolute Gasteiger partial charge is 0.438 e. The number of hydrogen-bond acceptors (Lipinski definition) is 2. The van der Waals surface area contributed by atoms with Gasteiger partial charge in [-0.1, -0.05) is 11.6 Å². The fraction of sp³-hybridized carbons (Fsp3) is 0.182. The van der Waals surface area contributed by atoms with Gasteiger partial charge in [0.15, 0.2) is 0 Å². The molecule has 2 aromatic rings. The molecular formula is C11H10ClFN2O. The van der Waals surface area contributed by atoms with Crippen LogP contribution < -0.4 is 4.74 Å². The molecular weight excluding hydrogens is 231 g/mol. The summed E-state index contributed by atoms with van der Waals surface area (Å²) in [6, 6.07) is 5.77. The molecule has 0 aliphatic rings. The molecule has 0 radical (unpaired) electrons. The molecule has 0 spiro atoms. The number of halogens is 2. The van der Waals surface area contributed by atoms with Crippen LogP contribution in [-0.4, -0.2) is 9.78 Å². The van der Waals surface area contributed by atoms with Gasteiger partial charge in [-0.2, -0.15) is 5.10 Å². The van der Waals surface area contributed by atoms with Crippen molar-refractivity contribution < 1.29 is 9.13 Å². The highest BCUT2D eigenvalue weighted by Gasteiger charge is 2.08. The SMILES string of the molecule is Cc1cc(Oc2ccc(F)cc2Cl)n(C)n1. The standard InChI is InChI=1S/C11H10ClFN2O/c1-7-5-11(15(2)14-7)16-10-4-3-8(13)6-9(10)12/h3-6H,1-2H3. The van der Waals surface area contributed by atoms with Gasteiger partial charge in [0.25, 0.3) is 0 Å².